The molecule has 104 valence electrons. The third kappa shape index (κ3) is 2.23. The molecule has 2 atom stereocenters. The second kappa shape index (κ2) is 5.34. The Labute approximate surface area is 117 Å². The Kier molecular flexibility index (Phi) is 3.54. The smallest absolute Gasteiger partial charge is 0.231 e. The van der Waals surface area contributed by atoms with Gasteiger partial charge in [0.15, 0.2) is 0 Å². The molecule has 0 amide bonds. The Morgan fingerprint density at radius 3 is 2.55 bits per heavy atom. The lowest BCUT2D eigenvalue weighted by Gasteiger charge is -2.29. The van der Waals surface area contributed by atoms with Crippen molar-refractivity contribution in [3.05, 3.63) is 71.3 Å². The zero-order chi connectivity index (χ0) is 14.0. The Bertz CT molecular complexity index is 584. The highest BCUT2D eigenvalue weighted by Crippen LogP contribution is 2.37. The SMILES string of the molecule is COC1(c2ccccc2)Cc2ccccc2C(O)OO1. The lowest BCUT2D eigenvalue weighted by Crippen LogP contribution is -2.33. The van der Waals surface area contributed by atoms with Gasteiger partial charge in [-0.05, 0) is 5.56 Å². The van der Waals surface area contributed by atoms with Crippen LogP contribution in [0.2, 0.25) is 0 Å². The van der Waals surface area contributed by atoms with Gasteiger partial charge in [-0.2, -0.15) is 9.78 Å². The number of hydrogen-bond donors (Lipinski definition) is 1. The first-order valence-electron chi connectivity index (χ1n) is 6.46. The zero-order valence-corrected chi connectivity index (χ0v) is 11.2. The molecule has 2 aromatic rings. The van der Waals surface area contributed by atoms with E-state index in [-0.39, 0.29) is 0 Å². The van der Waals surface area contributed by atoms with Crippen LogP contribution in [0.3, 0.4) is 0 Å². The van der Waals surface area contributed by atoms with E-state index in [4.69, 9.17) is 14.5 Å². The zero-order valence-electron chi connectivity index (χ0n) is 11.2. The molecule has 0 spiro atoms. The van der Waals surface area contributed by atoms with Gasteiger partial charge in [0.05, 0.1) is 0 Å². The molecule has 0 aliphatic carbocycles. The average Bonchev–Trinajstić information content (AvgIpc) is 2.66. The van der Waals surface area contributed by atoms with Crippen LogP contribution in [0.1, 0.15) is 23.0 Å². The fourth-order valence-electron chi connectivity index (χ4n) is 2.46. The number of aliphatic hydroxyl groups is 1. The highest BCUT2D eigenvalue weighted by atomic mass is 17.2. The lowest BCUT2D eigenvalue weighted by molar-refractivity contribution is -0.472. The summed E-state index contributed by atoms with van der Waals surface area (Å²) in [5.74, 6) is -1.06. The van der Waals surface area contributed by atoms with Crippen LogP contribution in [0.5, 0.6) is 0 Å². The molecule has 2 aromatic carbocycles. The predicted octanol–water partition coefficient (Wildman–Crippen LogP) is 2.68. The fraction of sp³-hybridized carbons (Fsp3) is 0.250. The van der Waals surface area contributed by atoms with E-state index in [1.807, 2.05) is 54.6 Å². The Hall–Kier alpha value is -1.72. The molecule has 0 bridgehead atoms. The number of aliphatic hydroxyl groups excluding tert-OH is 1. The summed E-state index contributed by atoms with van der Waals surface area (Å²) >= 11 is 0. The molecule has 1 aliphatic rings. The molecule has 1 N–H and O–H groups in total. The number of rotatable bonds is 2. The van der Waals surface area contributed by atoms with E-state index in [0.717, 1.165) is 11.1 Å². The van der Waals surface area contributed by atoms with Crippen molar-refractivity contribution in [2.24, 2.45) is 0 Å². The normalized spacial score (nSPS) is 25.8. The monoisotopic (exact) mass is 272 g/mol. The summed E-state index contributed by atoms with van der Waals surface area (Å²) in [5.41, 5.74) is 2.47. The number of hydrogen-bond acceptors (Lipinski definition) is 4. The second-order valence-corrected chi connectivity index (χ2v) is 4.73. The average molecular weight is 272 g/mol. The molecular formula is C16H16O4. The summed E-state index contributed by atoms with van der Waals surface area (Å²) in [4.78, 5) is 10.6. The van der Waals surface area contributed by atoms with Crippen LogP contribution in [0.15, 0.2) is 54.6 Å². The topological polar surface area (TPSA) is 47.9 Å². The fourth-order valence-corrected chi connectivity index (χ4v) is 2.46. The molecule has 20 heavy (non-hydrogen) atoms. The van der Waals surface area contributed by atoms with Gasteiger partial charge < -0.3 is 9.84 Å². The molecule has 1 heterocycles. The maximum absolute atomic E-state index is 10.0. The summed E-state index contributed by atoms with van der Waals surface area (Å²) in [6, 6.07) is 17.1. The number of benzene rings is 2. The van der Waals surface area contributed by atoms with E-state index in [1.54, 1.807) is 7.11 Å². The van der Waals surface area contributed by atoms with Crippen molar-refractivity contribution in [2.75, 3.05) is 7.11 Å². The molecule has 0 radical (unpaired) electrons. The molecule has 0 aromatic heterocycles. The van der Waals surface area contributed by atoms with Crippen molar-refractivity contribution in [1.29, 1.82) is 0 Å². The summed E-state index contributed by atoms with van der Waals surface area (Å²) in [5, 5.41) is 10.0. The van der Waals surface area contributed by atoms with Crippen LogP contribution in [-0.2, 0) is 26.7 Å². The van der Waals surface area contributed by atoms with Crippen molar-refractivity contribution in [3.63, 3.8) is 0 Å². The van der Waals surface area contributed by atoms with Crippen LogP contribution in [0.4, 0.5) is 0 Å². The van der Waals surface area contributed by atoms with Crippen LogP contribution in [0, 0.1) is 0 Å². The van der Waals surface area contributed by atoms with E-state index in [2.05, 4.69) is 0 Å². The van der Waals surface area contributed by atoms with Crippen LogP contribution >= 0.6 is 0 Å². The van der Waals surface area contributed by atoms with E-state index in [9.17, 15) is 5.11 Å². The van der Waals surface area contributed by atoms with Crippen LogP contribution in [0.25, 0.3) is 0 Å². The minimum absolute atomic E-state index is 0.459. The van der Waals surface area contributed by atoms with Gasteiger partial charge in [0.1, 0.15) is 0 Å². The van der Waals surface area contributed by atoms with Gasteiger partial charge in [0.25, 0.3) is 0 Å². The van der Waals surface area contributed by atoms with Crippen molar-refractivity contribution in [3.8, 4) is 0 Å². The second-order valence-electron chi connectivity index (χ2n) is 4.73. The van der Waals surface area contributed by atoms with E-state index in [0.29, 0.717) is 12.0 Å². The molecule has 1 aliphatic heterocycles. The van der Waals surface area contributed by atoms with Gasteiger partial charge >= 0.3 is 0 Å². The highest BCUT2D eigenvalue weighted by Gasteiger charge is 2.39. The van der Waals surface area contributed by atoms with Crippen molar-refractivity contribution in [1.82, 2.24) is 0 Å². The van der Waals surface area contributed by atoms with Gasteiger partial charge in [-0.3, -0.25) is 0 Å². The molecule has 4 heteroatoms. The van der Waals surface area contributed by atoms with Gasteiger partial charge in [-0.25, -0.2) is 0 Å². The standard InChI is InChI=1S/C16H16O4/c1-18-16(13-8-3-2-4-9-13)11-12-7-5-6-10-14(12)15(17)19-20-16/h2-10,15,17H,11H2,1H3. The van der Waals surface area contributed by atoms with Gasteiger partial charge in [-0.1, -0.05) is 54.6 Å². The largest absolute Gasteiger partial charge is 0.362 e. The molecule has 2 unspecified atom stereocenters. The molecule has 3 rings (SSSR count). The minimum atomic E-state index is -1.12. The number of ether oxygens (including phenoxy) is 1. The number of methoxy groups -OCH3 is 1. The first-order chi connectivity index (χ1) is 9.75. The first kappa shape index (κ1) is 13.3. The Balaban J connectivity index is 2.07. The third-order valence-corrected chi connectivity index (χ3v) is 3.56. The number of fused-ring (bicyclic) bond motifs is 1. The molecule has 0 saturated carbocycles. The minimum Gasteiger partial charge on any atom is -0.362 e. The van der Waals surface area contributed by atoms with E-state index in [1.165, 1.54) is 0 Å². The Morgan fingerprint density at radius 2 is 1.80 bits per heavy atom. The van der Waals surface area contributed by atoms with Crippen LogP contribution in [-0.4, -0.2) is 12.2 Å². The molecule has 0 saturated heterocycles. The summed E-state index contributed by atoms with van der Waals surface area (Å²) < 4.78 is 5.59. The van der Waals surface area contributed by atoms with Crippen LogP contribution < -0.4 is 0 Å². The maximum atomic E-state index is 10.0. The quantitative estimate of drug-likeness (QED) is 0.854. The van der Waals surface area contributed by atoms with Gasteiger partial charge in [-0.15, -0.1) is 0 Å². The summed E-state index contributed by atoms with van der Waals surface area (Å²) in [6.45, 7) is 0. The van der Waals surface area contributed by atoms with E-state index < -0.39 is 12.1 Å². The first-order valence-corrected chi connectivity index (χ1v) is 6.46. The highest BCUT2D eigenvalue weighted by molar-refractivity contribution is 5.32. The predicted molar refractivity (Wildman–Crippen MR) is 72.4 cm³/mol. The molecule has 4 nitrogen and oxygen atoms in total. The van der Waals surface area contributed by atoms with Gasteiger partial charge in [0.2, 0.25) is 12.1 Å². The van der Waals surface area contributed by atoms with Crippen molar-refractivity contribution >= 4 is 0 Å². The third-order valence-electron chi connectivity index (χ3n) is 3.56. The maximum Gasteiger partial charge on any atom is 0.231 e. The lowest BCUT2D eigenvalue weighted by atomic mass is 9.94. The summed E-state index contributed by atoms with van der Waals surface area (Å²) in [7, 11) is 1.57. The van der Waals surface area contributed by atoms with Crippen molar-refractivity contribution in [2.45, 2.75) is 18.5 Å². The Morgan fingerprint density at radius 1 is 1.10 bits per heavy atom. The van der Waals surface area contributed by atoms with Crippen molar-refractivity contribution < 1.29 is 19.6 Å². The molecular weight excluding hydrogens is 256 g/mol. The van der Waals surface area contributed by atoms with Gasteiger partial charge in [0, 0.05) is 24.7 Å². The molecule has 0 fully saturated rings. The van der Waals surface area contributed by atoms with E-state index >= 15 is 0 Å². The summed E-state index contributed by atoms with van der Waals surface area (Å²) in [6.07, 6.45) is -0.660.